The number of hydrogen-bond acceptors (Lipinski definition) is 6. The first kappa shape index (κ1) is 22.0. The molecule has 3 aromatic rings. The van der Waals surface area contributed by atoms with Crippen LogP contribution in [-0.4, -0.2) is 38.8 Å². The molecule has 1 N–H and O–H groups in total. The van der Waals surface area contributed by atoms with Gasteiger partial charge in [0.15, 0.2) is 0 Å². The Kier molecular flexibility index (Phi) is 6.28. The lowest BCUT2D eigenvalue weighted by atomic mass is 10.1. The van der Waals surface area contributed by atoms with Gasteiger partial charge in [-0.1, -0.05) is 0 Å². The van der Waals surface area contributed by atoms with Crippen molar-refractivity contribution in [2.24, 2.45) is 0 Å². The molecule has 1 aliphatic rings. The number of nitrogens with one attached hydrogen (secondary N) is 1. The zero-order valence-electron chi connectivity index (χ0n) is 17.5. The van der Waals surface area contributed by atoms with Crippen molar-refractivity contribution in [1.29, 1.82) is 5.26 Å². The fourth-order valence-corrected chi connectivity index (χ4v) is 5.61. The standard InChI is InChI=1S/C23H22N4O3S2/c1-26(32(29,30)21-8-2-17(14-24)3-9-21)16-23(28)25-19-4-6-20(7-5-19)27-12-10-22-18(15-27)11-13-31-22/h2-9,11,13H,10,12,15-16H2,1H3,(H,25,28). The van der Waals surface area contributed by atoms with Crippen LogP contribution in [0.3, 0.4) is 0 Å². The number of hydrogen-bond donors (Lipinski definition) is 1. The molecule has 0 saturated heterocycles. The van der Waals surface area contributed by atoms with Gasteiger partial charge < -0.3 is 10.2 Å². The quantitative estimate of drug-likeness (QED) is 0.601. The largest absolute Gasteiger partial charge is 0.367 e. The van der Waals surface area contributed by atoms with Crippen molar-refractivity contribution in [2.75, 3.05) is 30.4 Å². The minimum absolute atomic E-state index is 0.0338. The van der Waals surface area contributed by atoms with E-state index in [0.29, 0.717) is 11.3 Å². The number of amides is 1. The molecule has 0 radical (unpaired) electrons. The van der Waals surface area contributed by atoms with Gasteiger partial charge in [0.05, 0.1) is 23.1 Å². The molecule has 2 aromatic carbocycles. The van der Waals surface area contributed by atoms with Crippen molar-refractivity contribution in [1.82, 2.24) is 4.31 Å². The van der Waals surface area contributed by atoms with E-state index in [0.717, 1.165) is 29.5 Å². The molecule has 2 heterocycles. The molecular formula is C23H22N4O3S2. The van der Waals surface area contributed by atoms with Gasteiger partial charge in [0.2, 0.25) is 15.9 Å². The van der Waals surface area contributed by atoms with E-state index in [1.54, 1.807) is 11.3 Å². The van der Waals surface area contributed by atoms with Crippen LogP contribution in [0.15, 0.2) is 64.9 Å². The van der Waals surface area contributed by atoms with Crippen molar-refractivity contribution >= 4 is 38.6 Å². The summed E-state index contributed by atoms with van der Waals surface area (Å²) in [6.45, 7) is 1.51. The van der Waals surface area contributed by atoms with E-state index in [-0.39, 0.29) is 11.4 Å². The van der Waals surface area contributed by atoms with Crippen LogP contribution >= 0.6 is 11.3 Å². The van der Waals surface area contributed by atoms with Crippen molar-refractivity contribution in [3.63, 3.8) is 0 Å². The van der Waals surface area contributed by atoms with E-state index >= 15 is 0 Å². The highest BCUT2D eigenvalue weighted by atomic mass is 32.2. The third-order valence-corrected chi connectivity index (χ3v) is 8.22. The minimum Gasteiger partial charge on any atom is -0.367 e. The number of thiophene rings is 1. The lowest BCUT2D eigenvalue weighted by molar-refractivity contribution is -0.116. The van der Waals surface area contributed by atoms with Crippen LogP contribution in [0.2, 0.25) is 0 Å². The minimum atomic E-state index is -3.83. The van der Waals surface area contributed by atoms with E-state index in [1.165, 1.54) is 41.8 Å². The van der Waals surface area contributed by atoms with Crippen molar-refractivity contribution in [3.05, 3.63) is 76.0 Å². The van der Waals surface area contributed by atoms with E-state index in [4.69, 9.17) is 5.26 Å². The molecule has 0 aliphatic carbocycles. The Morgan fingerprint density at radius 2 is 1.88 bits per heavy atom. The molecule has 164 valence electrons. The van der Waals surface area contributed by atoms with Gasteiger partial charge in [-0.3, -0.25) is 4.79 Å². The molecule has 0 saturated carbocycles. The van der Waals surface area contributed by atoms with Gasteiger partial charge in [-0.25, -0.2) is 8.42 Å². The molecule has 4 rings (SSSR count). The monoisotopic (exact) mass is 466 g/mol. The van der Waals surface area contributed by atoms with Gasteiger partial charge in [-0.15, -0.1) is 11.3 Å². The zero-order chi connectivity index (χ0) is 22.7. The normalized spacial score (nSPS) is 13.5. The molecule has 0 atom stereocenters. The number of benzene rings is 2. The summed E-state index contributed by atoms with van der Waals surface area (Å²) < 4.78 is 26.3. The summed E-state index contributed by atoms with van der Waals surface area (Å²) in [5, 5.41) is 13.7. The highest BCUT2D eigenvalue weighted by Crippen LogP contribution is 2.28. The topological polar surface area (TPSA) is 93.5 Å². The van der Waals surface area contributed by atoms with E-state index in [1.807, 2.05) is 30.3 Å². The number of carbonyl (C=O) groups excluding carboxylic acids is 1. The van der Waals surface area contributed by atoms with Gasteiger partial charge >= 0.3 is 0 Å². The number of rotatable bonds is 6. The first-order valence-electron chi connectivity index (χ1n) is 10.0. The van der Waals surface area contributed by atoms with Gasteiger partial charge in [-0.05, 0) is 72.0 Å². The smallest absolute Gasteiger partial charge is 0.243 e. The van der Waals surface area contributed by atoms with Gasteiger partial charge in [0, 0.05) is 36.4 Å². The van der Waals surface area contributed by atoms with E-state index in [2.05, 4.69) is 21.7 Å². The van der Waals surface area contributed by atoms with Crippen molar-refractivity contribution < 1.29 is 13.2 Å². The summed E-state index contributed by atoms with van der Waals surface area (Å²) in [7, 11) is -2.48. The lowest BCUT2D eigenvalue weighted by Gasteiger charge is -2.29. The molecule has 0 unspecified atom stereocenters. The first-order valence-corrected chi connectivity index (χ1v) is 12.4. The number of fused-ring (bicyclic) bond motifs is 1. The number of nitrogens with zero attached hydrogens (tertiary/aromatic N) is 3. The Labute approximate surface area is 191 Å². The molecule has 0 fully saturated rings. The summed E-state index contributed by atoms with van der Waals surface area (Å²) >= 11 is 1.80. The molecule has 0 spiro atoms. The Morgan fingerprint density at radius 1 is 1.16 bits per heavy atom. The lowest BCUT2D eigenvalue weighted by Crippen LogP contribution is -2.35. The third-order valence-electron chi connectivity index (χ3n) is 5.38. The number of sulfonamides is 1. The summed E-state index contributed by atoms with van der Waals surface area (Å²) in [5.41, 5.74) is 3.43. The molecule has 1 amide bonds. The summed E-state index contributed by atoms with van der Waals surface area (Å²) in [5.74, 6) is -0.432. The van der Waals surface area contributed by atoms with Crippen LogP contribution in [0.5, 0.6) is 0 Å². The van der Waals surface area contributed by atoms with E-state index < -0.39 is 15.9 Å². The molecule has 9 heteroatoms. The number of nitriles is 1. The number of anilines is 2. The van der Waals surface area contributed by atoms with Crippen LogP contribution in [-0.2, 0) is 27.8 Å². The summed E-state index contributed by atoms with van der Waals surface area (Å²) in [4.78, 5) is 16.2. The second-order valence-corrected chi connectivity index (χ2v) is 10.6. The Hall–Kier alpha value is -3.19. The van der Waals surface area contributed by atoms with Crippen LogP contribution in [0, 0.1) is 11.3 Å². The average molecular weight is 467 g/mol. The molecule has 7 nitrogen and oxygen atoms in total. The number of likely N-dealkylation sites (N-methyl/N-ethyl adjacent to an activating group) is 1. The maximum Gasteiger partial charge on any atom is 0.243 e. The molecule has 32 heavy (non-hydrogen) atoms. The Bertz CT molecular complexity index is 1260. The van der Waals surface area contributed by atoms with Crippen LogP contribution < -0.4 is 10.2 Å². The predicted octanol–water partition coefficient (Wildman–Crippen LogP) is 3.44. The Morgan fingerprint density at radius 3 is 2.56 bits per heavy atom. The highest BCUT2D eigenvalue weighted by Gasteiger charge is 2.23. The Balaban J connectivity index is 1.36. The SMILES string of the molecule is CN(CC(=O)Nc1ccc(N2CCc3sccc3C2)cc1)S(=O)(=O)c1ccc(C#N)cc1. The second kappa shape index (κ2) is 9.12. The fourth-order valence-electron chi connectivity index (χ4n) is 3.59. The van der Waals surface area contributed by atoms with Gasteiger partial charge in [-0.2, -0.15) is 9.57 Å². The fraction of sp³-hybridized carbons (Fsp3) is 0.217. The maximum atomic E-state index is 12.7. The van der Waals surface area contributed by atoms with Crippen LogP contribution in [0.25, 0.3) is 0 Å². The second-order valence-electron chi connectivity index (χ2n) is 7.53. The van der Waals surface area contributed by atoms with Gasteiger partial charge in [0.25, 0.3) is 0 Å². The van der Waals surface area contributed by atoms with Crippen LogP contribution in [0.4, 0.5) is 11.4 Å². The molecular weight excluding hydrogens is 444 g/mol. The number of carbonyl (C=O) groups is 1. The summed E-state index contributed by atoms with van der Waals surface area (Å²) in [6, 6.07) is 17.3. The predicted molar refractivity (Wildman–Crippen MR) is 125 cm³/mol. The van der Waals surface area contributed by atoms with Crippen LogP contribution in [0.1, 0.15) is 16.0 Å². The molecule has 1 aliphatic heterocycles. The van der Waals surface area contributed by atoms with Gasteiger partial charge in [0.1, 0.15) is 0 Å². The maximum absolute atomic E-state index is 12.7. The summed E-state index contributed by atoms with van der Waals surface area (Å²) in [6.07, 6.45) is 1.03. The van der Waals surface area contributed by atoms with E-state index in [9.17, 15) is 13.2 Å². The zero-order valence-corrected chi connectivity index (χ0v) is 19.1. The molecule has 0 bridgehead atoms. The third kappa shape index (κ3) is 4.67. The average Bonchev–Trinajstić information content (AvgIpc) is 3.27. The van der Waals surface area contributed by atoms with Crippen molar-refractivity contribution in [2.45, 2.75) is 17.9 Å². The first-order chi connectivity index (χ1) is 15.4. The van der Waals surface area contributed by atoms with Crippen molar-refractivity contribution in [3.8, 4) is 6.07 Å². The highest BCUT2D eigenvalue weighted by molar-refractivity contribution is 7.89. The molecule has 1 aromatic heterocycles.